The summed E-state index contributed by atoms with van der Waals surface area (Å²) >= 11 is 0. The molecule has 0 aromatic heterocycles. The molecule has 0 spiro atoms. The number of benzene rings is 1. The van der Waals surface area contributed by atoms with Gasteiger partial charge in [-0.2, -0.15) is 0 Å². The first kappa shape index (κ1) is 33.8. The van der Waals surface area contributed by atoms with E-state index in [9.17, 15) is 20.1 Å². The molecular formula is C39H59NO7. The Hall–Kier alpha value is -1.71. The topological polar surface area (TPSA) is 117 Å². The minimum absolute atomic E-state index is 0.0400. The number of carbonyl (C=O) groups is 1. The molecule has 6 fully saturated rings. The summed E-state index contributed by atoms with van der Waals surface area (Å²) in [5.41, 5.74) is -0.0943. The normalized spacial score (nSPS) is 47.2. The van der Waals surface area contributed by atoms with Gasteiger partial charge in [-0.1, -0.05) is 39.8 Å². The number of ether oxygens (including phenoxy) is 3. The number of carbonyl (C=O) groups excluding carboxylic acids is 1. The van der Waals surface area contributed by atoms with Crippen LogP contribution in [0.3, 0.4) is 0 Å². The van der Waals surface area contributed by atoms with Gasteiger partial charge < -0.3 is 34.8 Å². The lowest BCUT2D eigenvalue weighted by Gasteiger charge is -2.68. The maximum absolute atomic E-state index is 13.5. The van der Waals surface area contributed by atoms with Crippen molar-refractivity contribution in [2.75, 3.05) is 19.5 Å². The highest BCUT2D eigenvalue weighted by Crippen LogP contribution is 2.91. The Bertz CT molecular complexity index is 1390. The molecule has 0 unspecified atom stereocenters. The Balaban J connectivity index is 1.13. The van der Waals surface area contributed by atoms with Crippen LogP contribution in [0.2, 0.25) is 0 Å². The second kappa shape index (κ2) is 10.9. The van der Waals surface area contributed by atoms with Crippen LogP contribution < -0.4 is 5.32 Å². The van der Waals surface area contributed by atoms with E-state index in [1.807, 2.05) is 31.3 Å². The lowest BCUT2D eigenvalue weighted by molar-refractivity contribution is -0.243. The summed E-state index contributed by atoms with van der Waals surface area (Å²) in [4.78, 5) is 13.5. The van der Waals surface area contributed by atoms with Gasteiger partial charge in [-0.25, -0.2) is 4.79 Å². The fraction of sp³-hybridized carbons (Fsp3) is 0.821. The smallest absolute Gasteiger partial charge is 0.340 e. The Kier molecular flexibility index (Phi) is 7.83. The number of hydrogen-bond acceptors (Lipinski definition) is 8. The highest BCUT2D eigenvalue weighted by Gasteiger charge is 2.86. The monoisotopic (exact) mass is 653 g/mol. The standard InChI is InChI=1S/C39H59NO7/c1-34(2)28-20-29(41)37(6)27(36(28,5)16-15-30(34)47-32(43)22-11-9-10-12-25(22)40-7)14-17-38-21-39(37,38)18-13-24(38)23-19-26(46-33(23)45-8)31(42)35(3,4)44/h9-12,23-24,26-31,33,40-42,44H,13-21H2,1-8H3/t23-,24+,26-,27-,28+,29-,30+,31+,33+,36-,37+,38-,39-/m1/s1. The number of rotatable bonds is 7. The number of hydrogen-bond donors (Lipinski definition) is 4. The number of methoxy groups -OCH3 is 1. The first-order valence-electron chi connectivity index (χ1n) is 18.3. The van der Waals surface area contributed by atoms with Gasteiger partial charge in [0.25, 0.3) is 0 Å². The van der Waals surface area contributed by atoms with Gasteiger partial charge >= 0.3 is 5.97 Å². The number of fused-ring (bicyclic) bond motifs is 3. The molecule has 6 aliphatic rings. The second-order valence-electron chi connectivity index (χ2n) is 18.1. The summed E-state index contributed by atoms with van der Waals surface area (Å²) in [5.74, 6) is 0.916. The minimum atomic E-state index is -1.25. The second-order valence-corrected chi connectivity index (χ2v) is 18.1. The van der Waals surface area contributed by atoms with E-state index >= 15 is 0 Å². The highest BCUT2D eigenvalue weighted by molar-refractivity contribution is 5.95. The van der Waals surface area contributed by atoms with E-state index in [1.165, 1.54) is 0 Å². The molecule has 262 valence electrons. The quantitative estimate of drug-likeness (QED) is 0.258. The van der Waals surface area contributed by atoms with E-state index in [0.717, 1.165) is 57.1 Å². The Labute approximate surface area is 281 Å². The zero-order valence-corrected chi connectivity index (χ0v) is 29.8. The van der Waals surface area contributed by atoms with Gasteiger partial charge in [-0.15, -0.1) is 0 Å². The summed E-state index contributed by atoms with van der Waals surface area (Å²) in [6.45, 7) is 12.7. The molecular weight excluding hydrogens is 594 g/mol. The first-order valence-corrected chi connectivity index (χ1v) is 18.3. The van der Waals surface area contributed by atoms with E-state index in [-0.39, 0.29) is 51.0 Å². The highest BCUT2D eigenvalue weighted by atomic mass is 16.7. The third-order valence-electron chi connectivity index (χ3n) is 15.7. The van der Waals surface area contributed by atoms with Crippen molar-refractivity contribution in [1.29, 1.82) is 0 Å². The molecule has 0 radical (unpaired) electrons. The van der Waals surface area contributed by atoms with Crippen LogP contribution in [-0.4, -0.2) is 71.8 Å². The van der Waals surface area contributed by atoms with Gasteiger partial charge in [0.2, 0.25) is 0 Å². The van der Waals surface area contributed by atoms with E-state index in [1.54, 1.807) is 21.0 Å². The molecule has 1 aliphatic heterocycles. The molecule has 7 rings (SSSR count). The van der Waals surface area contributed by atoms with Crippen LogP contribution >= 0.6 is 0 Å². The number of esters is 1. The summed E-state index contributed by atoms with van der Waals surface area (Å²) in [5, 5.41) is 37.0. The average Bonchev–Trinajstić information content (AvgIpc) is 3.35. The maximum atomic E-state index is 13.5. The van der Waals surface area contributed by atoms with Crippen molar-refractivity contribution in [3.63, 3.8) is 0 Å². The average molecular weight is 654 g/mol. The predicted octanol–water partition coefficient (Wildman–Crippen LogP) is 6.17. The molecule has 1 heterocycles. The minimum Gasteiger partial charge on any atom is -0.458 e. The van der Waals surface area contributed by atoms with Crippen molar-refractivity contribution in [3.05, 3.63) is 29.8 Å². The van der Waals surface area contributed by atoms with Crippen LogP contribution in [0.15, 0.2) is 24.3 Å². The molecule has 8 heteroatoms. The molecule has 4 N–H and O–H groups in total. The van der Waals surface area contributed by atoms with Crippen molar-refractivity contribution >= 4 is 11.7 Å². The number of aliphatic hydroxyl groups excluding tert-OH is 2. The molecule has 8 nitrogen and oxygen atoms in total. The third-order valence-corrected chi connectivity index (χ3v) is 15.7. The van der Waals surface area contributed by atoms with Gasteiger partial charge in [0.05, 0.1) is 23.4 Å². The van der Waals surface area contributed by atoms with Crippen LogP contribution in [0.1, 0.15) is 110 Å². The van der Waals surface area contributed by atoms with Gasteiger partial charge in [-0.3, -0.25) is 0 Å². The summed E-state index contributed by atoms with van der Waals surface area (Å²) in [6, 6.07) is 7.52. The van der Waals surface area contributed by atoms with Crippen LogP contribution in [-0.2, 0) is 14.2 Å². The number of para-hydroxylation sites is 1. The predicted molar refractivity (Wildman–Crippen MR) is 180 cm³/mol. The van der Waals surface area contributed by atoms with E-state index in [4.69, 9.17) is 14.2 Å². The van der Waals surface area contributed by atoms with Gasteiger partial charge in [0, 0.05) is 36.6 Å². The summed E-state index contributed by atoms with van der Waals surface area (Å²) < 4.78 is 18.5. The molecule has 47 heavy (non-hydrogen) atoms. The zero-order chi connectivity index (χ0) is 33.9. The van der Waals surface area contributed by atoms with Crippen molar-refractivity contribution in [2.45, 2.75) is 136 Å². The molecule has 5 aliphatic carbocycles. The summed E-state index contributed by atoms with van der Waals surface area (Å²) in [6.07, 6.45) is 6.36. The Morgan fingerprint density at radius 3 is 2.45 bits per heavy atom. The first-order chi connectivity index (χ1) is 22.0. The molecule has 1 aromatic carbocycles. The zero-order valence-electron chi connectivity index (χ0n) is 29.8. The Morgan fingerprint density at radius 1 is 1.04 bits per heavy atom. The van der Waals surface area contributed by atoms with E-state index in [0.29, 0.717) is 23.8 Å². The molecule has 13 atom stereocenters. The van der Waals surface area contributed by atoms with Crippen molar-refractivity contribution in [1.82, 2.24) is 0 Å². The van der Waals surface area contributed by atoms with E-state index in [2.05, 4.69) is 33.0 Å². The lowest BCUT2D eigenvalue weighted by Crippen LogP contribution is -2.66. The molecule has 0 amide bonds. The van der Waals surface area contributed by atoms with Crippen molar-refractivity contribution < 1.29 is 34.3 Å². The SMILES string of the molecule is CNc1ccccc1C(=O)O[C@H]1CC[C@]2(C)[C@H]3CC[C@]45C[C@]4(CC[C@H]5[C@H]4C[C@H]([C@H](O)C(C)(C)O)O[C@@H]4OC)[C@]3(C)[C@H](O)C[C@H]2C1(C)C. The molecule has 0 bridgehead atoms. The Morgan fingerprint density at radius 2 is 1.77 bits per heavy atom. The van der Waals surface area contributed by atoms with Gasteiger partial charge in [0.15, 0.2) is 6.29 Å². The van der Waals surface area contributed by atoms with Crippen molar-refractivity contribution in [3.8, 4) is 0 Å². The molecule has 1 saturated heterocycles. The lowest BCUT2D eigenvalue weighted by atomic mass is 9.37. The fourth-order valence-electron chi connectivity index (χ4n) is 13.5. The van der Waals surface area contributed by atoms with Gasteiger partial charge in [0.1, 0.15) is 12.2 Å². The van der Waals surface area contributed by atoms with Crippen molar-refractivity contribution in [2.24, 2.45) is 50.7 Å². The number of aliphatic hydroxyl groups is 3. The molecule has 1 aromatic rings. The largest absolute Gasteiger partial charge is 0.458 e. The van der Waals surface area contributed by atoms with Gasteiger partial charge in [-0.05, 0) is 118 Å². The number of anilines is 1. The summed E-state index contributed by atoms with van der Waals surface area (Å²) in [7, 11) is 3.52. The fourth-order valence-corrected chi connectivity index (χ4v) is 13.5. The number of nitrogens with one attached hydrogen (secondary N) is 1. The van der Waals surface area contributed by atoms with E-state index < -0.39 is 30.2 Å². The maximum Gasteiger partial charge on any atom is 0.340 e. The van der Waals surface area contributed by atoms with Crippen LogP contribution in [0.4, 0.5) is 5.69 Å². The van der Waals surface area contributed by atoms with Crippen LogP contribution in [0, 0.1) is 50.7 Å². The molecule has 5 saturated carbocycles. The third kappa shape index (κ3) is 4.46. The van der Waals surface area contributed by atoms with Crippen LogP contribution in [0.25, 0.3) is 0 Å². The van der Waals surface area contributed by atoms with Crippen LogP contribution in [0.5, 0.6) is 0 Å².